The van der Waals surface area contributed by atoms with Gasteiger partial charge < -0.3 is 15.2 Å². The highest BCUT2D eigenvalue weighted by Crippen LogP contribution is 2.16. The Hall–Kier alpha value is -1.81. The summed E-state index contributed by atoms with van der Waals surface area (Å²) < 4.78 is 5.06. The second-order valence-electron chi connectivity index (χ2n) is 4.08. The molecule has 0 bridgehead atoms. The van der Waals surface area contributed by atoms with Gasteiger partial charge in [0.05, 0.1) is 6.61 Å². The van der Waals surface area contributed by atoms with Gasteiger partial charge in [0.25, 0.3) is 0 Å². The molecule has 0 saturated carbocycles. The molecule has 0 saturated heterocycles. The van der Waals surface area contributed by atoms with Crippen molar-refractivity contribution < 1.29 is 14.6 Å². The molecule has 0 spiro atoms. The number of nitrogens with one attached hydrogen (secondary N) is 1. The molecular formula is C14H19NO3. The van der Waals surface area contributed by atoms with E-state index >= 15 is 0 Å². The number of rotatable bonds is 7. The van der Waals surface area contributed by atoms with E-state index in [-0.39, 0.29) is 0 Å². The number of carbonyl (C=O) groups is 1. The maximum Gasteiger partial charge on any atom is 0.328 e. The van der Waals surface area contributed by atoms with Gasteiger partial charge in [-0.25, -0.2) is 4.79 Å². The summed E-state index contributed by atoms with van der Waals surface area (Å²) in [6, 6.07) is 7.96. The lowest BCUT2D eigenvalue weighted by Crippen LogP contribution is -2.07. The topological polar surface area (TPSA) is 58.6 Å². The summed E-state index contributed by atoms with van der Waals surface area (Å²) in [5, 5.41) is 11.9. The quantitative estimate of drug-likeness (QED) is 0.728. The zero-order valence-corrected chi connectivity index (χ0v) is 10.8. The monoisotopic (exact) mass is 249 g/mol. The van der Waals surface area contributed by atoms with Crippen molar-refractivity contribution in [1.29, 1.82) is 0 Å². The van der Waals surface area contributed by atoms with E-state index in [1.165, 1.54) is 11.6 Å². The first kappa shape index (κ1) is 14.3. The van der Waals surface area contributed by atoms with E-state index < -0.39 is 5.97 Å². The summed E-state index contributed by atoms with van der Waals surface area (Å²) in [6.45, 7) is 2.98. The van der Waals surface area contributed by atoms with Crippen LogP contribution in [0.5, 0.6) is 0 Å². The van der Waals surface area contributed by atoms with Crippen molar-refractivity contribution in [1.82, 2.24) is 0 Å². The summed E-state index contributed by atoms with van der Waals surface area (Å²) in [7, 11) is 1.68. The zero-order valence-electron chi connectivity index (χ0n) is 10.8. The van der Waals surface area contributed by atoms with Crippen LogP contribution in [-0.4, -0.2) is 31.3 Å². The fraction of sp³-hybridized carbons (Fsp3) is 0.357. The summed E-state index contributed by atoms with van der Waals surface area (Å²) in [4.78, 5) is 10.5. The van der Waals surface area contributed by atoms with Crippen LogP contribution in [0.1, 0.15) is 12.5 Å². The predicted molar refractivity (Wildman–Crippen MR) is 71.9 cm³/mol. The molecule has 1 rings (SSSR count). The molecule has 0 aliphatic carbocycles. The average molecular weight is 249 g/mol. The Labute approximate surface area is 107 Å². The second-order valence-corrected chi connectivity index (χ2v) is 4.08. The number of carboxylic acids is 1. The molecule has 0 aliphatic heterocycles. The van der Waals surface area contributed by atoms with Crippen LogP contribution in [0.4, 0.5) is 5.69 Å². The summed E-state index contributed by atoms with van der Waals surface area (Å²) in [5.74, 6) is -0.915. The largest absolute Gasteiger partial charge is 0.478 e. The molecule has 0 heterocycles. The van der Waals surface area contributed by atoms with Crippen molar-refractivity contribution >= 4 is 11.7 Å². The number of anilines is 1. The lowest BCUT2D eigenvalue weighted by atomic mass is 10.1. The van der Waals surface area contributed by atoms with Gasteiger partial charge >= 0.3 is 5.97 Å². The molecule has 0 atom stereocenters. The summed E-state index contributed by atoms with van der Waals surface area (Å²) in [6.07, 6.45) is 2.05. The Morgan fingerprint density at radius 1 is 1.44 bits per heavy atom. The molecule has 0 amide bonds. The first-order chi connectivity index (χ1) is 8.63. The second kappa shape index (κ2) is 7.50. The SMILES string of the molecule is COCCc1ccccc1NC/C(C)=C/C(=O)O. The number of benzene rings is 1. The smallest absolute Gasteiger partial charge is 0.328 e. The molecule has 2 N–H and O–H groups in total. The third-order valence-electron chi connectivity index (χ3n) is 2.52. The predicted octanol–water partition coefficient (Wildman–Crippen LogP) is 2.32. The number of aliphatic carboxylic acids is 1. The Kier molecular flexibility index (Phi) is 5.94. The van der Waals surface area contributed by atoms with Crippen molar-refractivity contribution in [2.45, 2.75) is 13.3 Å². The number of para-hydroxylation sites is 1. The van der Waals surface area contributed by atoms with Gasteiger partial charge in [0.1, 0.15) is 0 Å². The third-order valence-corrected chi connectivity index (χ3v) is 2.52. The van der Waals surface area contributed by atoms with E-state index in [2.05, 4.69) is 5.32 Å². The van der Waals surface area contributed by atoms with Gasteiger partial charge in [-0.15, -0.1) is 0 Å². The minimum atomic E-state index is -0.915. The highest BCUT2D eigenvalue weighted by Gasteiger charge is 2.01. The maximum atomic E-state index is 10.5. The zero-order chi connectivity index (χ0) is 13.4. The lowest BCUT2D eigenvalue weighted by molar-refractivity contribution is -0.131. The Balaban J connectivity index is 2.63. The first-order valence-corrected chi connectivity index (χ1v) is 5.84. The van der Waals surface area contributed by atoms with Crippen molar-refractivity contribution in [3.8, 4) is 0 Å². The summed E-state index contributed by atoms with van der Waals surface area (Å²) >= 11 is 0. The Morgan fingerprint density at radius 2 is 2.17 bits per heavy atom. The van der Waals surface area contributed by atoms with Gasteiger partial charge in [-0.05, 0) is 30.5 Å². The van der Waals surface area contributed by atoms with Crippen LogP contribution in [-0.2, 0) is 16.0 Å². The number of hydrogen-bond donors (Lipinski definition) is 2. The summed E-state index contributed by atoms with van der Waals surface area (Å²) in [5.41, 5.74) is 2.97. The van der Waals surface area contributed by atoms with Gasteiger partial charge in [0.15, 0.2) is 0 Å². The molecule has 4 heteroatoms. The molecule has 0 aromatic heterocycles. The molecule has 0 fully saturated rings. The maximum absolute atomic E-state index is 10.5. The highest BCUT2D eigenvalue weighted by atomic mass is 16.5. The van der Waals surface area contributed by atoms with Crippen molar-refractivity contribution in [2.24, 2.45) is 0 Å². The minimum Gasteiger partial charge on any atom is -0.478 e. The van der Waals surface area contributed by atoms with Crippen LogP contribution in [0.2, 0.25) is 0 Å². The molecule has 0 unspecified atom stereocenters. The number of ether oxygens (including phenoxy) is 1. The van der Waals surface area contributed by atoms with Crippen molar-refractivity contribution in [3.05, 3.63) is 41.5 Å². The fourth-order valence-electron chi connectivity index (χ4n) is 1.62. The van der Waals surface area contributed by atoms with Gasteiger partial charge in [-0.1, -0.05) is 18.2 Å². The van der Waals surface area contributed by atoms with E-state index in [1.54, 1.807) is 14.0 Å². The number of hydrogen-bond acceptors (Lipinski definition) is 3. The van der Waals surface area contributed by atoms with Crippen LogP contribution in [0.25, 0.3) is 0 Å². The Morgan fingerprint density at radius 3 is 2.83 bits per heavy atom. The van der Waals surface area contributed by atoms with Crippen LogP contribution in [0.3, 0.4) is 0 Å². The van der Waals surface area contributed by atoms with E-state index in [4.69, 9.17) is 9.84 Å². The van der Waals surface area contributed by atoms with Crippen LogP contribution >= 0.6 is 0 Å². The van der Waals surface area contributed by atoms with Crippen LogP contribution in [0.15, 0.2) is 35.9 Å². The minimum absolute atomic E-state index is 0.524. The van der Waals surface area contributed by atoms with Gasteiger partial charge in [-0.3, -0.25) is 0 Å². The number of carboxylic acid groups (broad SMARTS) is 1. The van der Waals surface area contributed by atoms with Gasteiger partial charge in [0.2, 0.25) is 0 Å². The molecule has 0 aliphatic rings. The lowest BCUT2D eigenvalue weighted by Gasteiger charge is -2.11. The Bertz CT molecular complexity index is 427. The molecule has 0 radical (unpaired) electrons. The van der Waals surface area contributed by atoms with Gasteiger partial charge in [0, 0.05) is 25.4 Å². The van der Waals surface area contributed by atoms with Gasteiger partial charge in [-0.2, -0.15) is 0 Å². The van der Waals surface area contributed by atoms with E-state index in [0.29, 0.717) is 13.2 Å². The normalized spacial score (nSPS) is 11.3. The van der Waals surface area contributed by atoms with E-state index in [0.717, 1.165) is 17.7 Å². The number of methoxy groups -OCH3 is 1. The molecule has 4 nitrogen and oxygen atoms in total. The molecule has 1 aromatic carbocycles. The van der Waals surface area contributed by atoms with E-state index in [1.807, 2.05) is 24.3 Å². The molecule has 1 aromatic rings. The molecule has 18 heavy (non-hydrogen) atoms. The first-order valence-electron chi connectivity index (χ1n) is 5.84. The fourth-order valence-corrected chi connectivity index (χ4v) is 1.62. The average Bonchev–Trinajstić information content (AvgIpc) is 2.34. The third kappa shape index (κ3) is 5.01. The van der Waals surface area contributed by atoms with Crippen LogP contribution < -0.4 is 5.32 Å². The molecule has 98 valence electrons. The van der Waals surface area contributed by atoms with Crippen LogP contribution in [0, 0.1) is 0 Å². The standard InChI is InChI=1S/C14H19NO3/c1-11(9-14(16)17)10-15-13-6-4-3-5-12(13)7-8-18-2/h3-6,9,15H,7-8,10H2,1-2H3,(H,16,17)/b11-9+. The van der Waals surface area contributed by atoms with Crippen molar-refractivity contribution in [2.75, 3.05) is 25.6 Å². The van der Waals surface area contributed by atoms with E-state index in [9.17, 15) is 4.79 Å². The molecular weight excluding hydrogens is 230 g/mol. The highest BCUT2D eigenvalue weighted by molar-refractivity contribution is 5.80. The van der Waals surface area contributed by atoms with Crippen molar-refractivity contribution in [3.63, 3.8) is 0 Å².